The number of β-amino-alcohol motifs (C(OH)–C–C–N with tert-alkyl or cyclic N) is 1. The van der Waals surface area contributed by atoms with Crippen molar-refractivity contribution in [1.29, 1.82) is 0 Å². The molecule has 2 heterocycles. The Bertz CT molecular complexity index is 533. The summed E-state index contributed by atoms with van der Waals surface area (Å²) < 4.78 is 11.1. The van der Waals surface area contributed by atoms with Gasteiger partial charge in [0, 0.05) is 25.6 Å². The van der Waals surface area contributed by atoms with E-state index in [-0.39, 0.29) is 6.10 Å². The molecule has 4 nitrogen and oxygen atoms in total. The van der Waals surface area contributed by atoms with Gasteiger partial charge in [-0.2, -0.15) is 0 Å². The van der Waals surface area contributed by atoms with Gasteiger partial charge >= 0.3 is 0 Å². The molecular formula is C16H21NO3. The molecule has 1 aliphatic rings. The first-order valence-corrected chi connectivity index (χ1v) is 7.18. The highest BCUT2D eigenvalue weighted by atomic mass is 16.5. The maximum atomic E-state index is 10.4. The standard InChI is InChI=1S/C16H21NO3/c1-19-13-6-4-8-17(10-13)11-14(18)16-9-12-5-2-3-7-15(12)20-16/h2-3,5,7,9,13-14,18H,4,6,8,10-11H2,1H3. The number of methoxy groups -OCH3 is 1. The van der Waals surface area contributed by atoms with Crippen LogP contribution in [0, 0.1) is 0 Å². The van der Waals surface area contributed by atoms with E-state index in [0.717, 1.165) is 36.9 Å². The van der Waals surface area contributed by atoms with Crippen LogP contribution in [0.5, 0.6) is 0 Å². The Morgan fingerprint density at radius 2 is 2.30 bits per heavy atom. The first kappa shape index (κ1) is 13.6. The summed E-state index contributed by atoms with van der Waals surface area (Å²) in [5.41, 5.74) is 0.829. The number of aliphatic hydroxyl groups is 1. The number of hydrogen-bond acceptors (Lipinski definition) is 4. The van der Waals surface area contributed by atoms with E-state index in [4.69, 9.17) is 9.15 Å². The third-order valence-electron chi connectivity index (χ3n) is 4.00. The minimum absolute atomic E-state index is 0.284. The summed E-state index contributed by atoms with van der Waals surface area (Å²) in [5, 5.41) is 11.4. The number of likely N-dealkylation sites (tertiary alicyclic amines) is 1. The van der Waals surface area contributed by atoms with Crippen molar-refractivity contribution in [1.82, 2.24) is 4.90 Å². The number of benzene rings is 1. The highest BCUT2D eigenvalue weighted by Gasteiger charge is 2.23. The van der Waals surface area contributed by atoms with Crippen LogP contribution in [0.4, 0.5) is 0 Å². The second-order valence-corrected chi connectivity index (χ2v) is 5.46. The number of rotatable bonds is 4. The minimum atomic E-state index is -0.585. The van der Waals surface area contributed by atoms with E-state index in [0.29, 0.717) is 12.3 Å². The third-order valence-corrected chi connectivity index (χ3v) is 4.00. The molecule has 2 aromatic rings. The van der Waals surface area contributed by atoms with Gasteiger partial charge in [0.15, 0.2) is 0 Å². The van der Waals surface area contributed by atoms with Gasteiger partial charge in [0.1, 0.15) is 17.4 Å². The number of para-hydroxylation sites is 1. The average molecular weight is 275 g/mol. The van der Waals surface area contributed by atoms with Crippen molar-refractivity contribution in [2.75, 3.05) is 26.7 Å². The monoisotopic (exact) mass is 275 g/mol. The van der Waals surface area contributed by atoms with Gasteiger partial charge < -0.3 is 14.3 Å². The van der Waals surface area contributed by atoms with E-state index in [1.165, 1.54) is 0 Å². The van der Waals surface area contributed by atoms with Gasteiger partial charge in [0.05, 0.1) is 6.10 Å². The molecule has 1 saturated heterocycles. The van der Waals surface area contributed by atoms with Gasteiger partial charge in [0.25, 0.3) is 0 Å². The van der Waals surface area contributed by atoms with Gasteiger partial charge in [-0.05, 0) is 31.5 Å². The molecule has 4 heteroatoms. The topological polar surface area (TPSA) is 45.8 Å². The van der Waals surface area contributed by atoms with E-state index >= 15 is 0 Å². The number of nitrogens with zero attached hydrogens (tertiary/aromatic N) is 1. The predicted octanol–water partition coefficient (Wildman–Crippen LogP) is 2.58. The molecule has 20 heavy (non-hydrogen) atoms. The molecule has 1 fully saturated rings. The molecule has 1 N–H and O–H groups in total. The van der Waals surface area contributed by atoms with E-state index in [1.54, 1.807) is 7.11 Å². The van der Waals surface area contributed by atoms with Crippen molar-refractivity contribution in [3.63, 3.8) is 0 Å². The molecule has 0 amide bonds. The largest absolute Gasteiger partial charge is 0.458 e. The second kappa shape index (κ2) is 5.95. The SMILES string of the molecule is COC1CCCN(CC(O)c2cc3ccccc3o2)C1. The first-order chi connectivity index (χ1) is 9.76. The summed E-state index contributed by atoms with van der Waals surface area (Å²) in [6, 6.07) is 9.76. The molecular weight excluding hydrogens is 254 g/mol. The van der Waals surface area contributed by atoms with Crippen molar-refractivity contribution < 1.29 is 14.3 Å². The molecule has 1 aromatic carbocycles. The molecule has 3 rings (SSSR count). The lowest BCUT2D eigenvalue weighted by molar-refractivity contribution is 0.00944. The summed E-state index contributed by atoms with van der Waals surface area (Å²) in [4.78, 5) is 2.25. The van der Waals surface area contributed by atoms with Crippen LogP contribution in [0.1, 0.15) is 24.7 Å². The van der Waals surface area contributed by atoms with Gasteiger partial charge in [-0.25, -0.2) is 0 Å². The van der Waals surface area contributed by atoms with E-state index < -0.39 is 6.10 Å². The van der Waals surface area contributed by atoms with Crippen LogP contribution in [0.3, 0.4) is 0 Å². The number of fused-ring (bicyclic) bond motifs is 1. The second-order valence-electron chi connectivity index (χ2n) is 5.46. The zero-order valence-corrected chi connectivity index (χ0v) is 11.8. The molecule has 0 spiro atoms. The third kappa shape index (κ3) is 2.87. The van der Waals surface area contributed by atoms with Crippen LogP contribution in [0.25, 0.3) is 11.0 Å². The fraction of sp³-hybridized carbons (Fsp3) is 0.500. The lowest BCUT2D eigenvalue weighted by Crippen LogP contribution is -2.41. The van der Waals surface area contributed by atoms with Crippen molar-refractivity contribution in [2.45, 2.75) is 25.0 Å². The normalized spacial score (nSPS) is 22.2. The number of furan rings is 1. The quantitative estimate of drug-likeness (QED) is 0.931. The maximum Gasteiger partial charge on any atom is 0.135 e. The first-order valence-electron chi connectivity index (χ1n) is 7.18. The van der Waals surface area contributed by atoms with Crippen molar-refractivity contribution in [3.05, 3.63) is 36.1 Å². The van der Waals surface area contributed by atoms with Crippen molar-refractivity contribution >= 4 is 11.0 Å². The number of aliphatic hydroxyl groups excluding tert-OH is 1. The number of piperidine rings is 1. The molecule has 1 aliphatic heterocycles. The smallest absolute Gasteiger partial charge is 0.135 e. The fourth-order valence-electron chi connectivity index (χ4n) is 2.87. The highest BCUT2D eigenvalue weighted by molar-refractivity contribution is 5.77. The summed E-state index contributed by atoms with van der Waals surface area (Å²) in [6.45, 7) is 2.49. The van der Waals surface area contributed by atoms with Gasteiger partial charge in [-0.1, -0.05) is 18.2 Å². The van der Waals surface area contributed by atoms with Crippen LogP contribution >= 0.6 is 0 Å². The predicted molar refractivity (Wildman–Crippen MR) is 77.6 cm³/mol. The molecule has 0 bridgehead atoms. The van der Waals surface area contributed by atoms with Gasteiger partial charge in [0.2, 0.25) is 0 Å². The Kier molecular flexibility index (Phi) is 4.05. The molecule has 2 unspecified atom stereocenters. The molecule has 1 aromatic heterocycles. The molecule has 0 saturated carbocycles. The molecule has 0 aliphatic carbocycles. The van der Waals surface area contributed by atoms with E-state index in [2.05, 4.69) is 4.90 Å². The van der Waals surface area contributed by atoms with Crippen LogP contribution in [0.2, 0.25) is 0 Å². The lowest BCUT2D eigenvalue weighted by atomic mass is 10.1. The fourth-order valence-corrected chi connectivity index (χ4v) is 2.87. The zero-order valence-electron chi connectivity index (χ0n) is 11.8. The zero-order chi connectivity index (χ0) is 13.9. The molecule has 2 atom stereocenters. The van der Waals surface area contributed by atoms with E-state index in [9.17, 15) is 5.11 Å². The summed E-state index contributed by atoms with van der Waals surface area (Å²) in [6.07, 6.45) is 1.92. The Hall–Kier alpha value is -1.36. The van der Waals surface area contributed by atoms with Crippen LogP contribution in [0.15, 0.2) is 34.7 Å². The Morgan fingerprint density at radius 3 is 3.10 bits per heavy atom. The van der Waals surface area contributed by atoms with Gasteiger partial charge in [-0.3, -0.25) is 4.90 Å². The number of ether oxygens (including phenoxy) is 1. The van der Waals surface area contributed by atoms with E-state index in [1.807, 2.05) is 30.3 Å². The van der Waals surface area contributed by atoms with Crippen molar-refractivity contribution in [2.24, 2.45) is 0 Å². The Balaban J connectivity index is 1.67. The molecule has 108 valence electrons. The summed E-state index contributed by atoms with van der Waals surface area (Å²) >= 11 is 0. The summed E-state index contributed by atoms with van der Waals surface area (Å²) in [5.74, 6) is 0.644. The Labute approximate surface area is 118 Å². The molecule has 0 radical (unpaired) electrons. The highest BCUT2D eigenvalue weighted by Crippen LogP contribution is 2.25. The maximum absolute atomic E-state index is 10.4. The van der Waals surface area contributed by atoms with Crippen LogP contribution < -0.4 is 0 Å². The average Bonchev–Trinajstić information content (AvgIpc) is 2.91. The van der Waals surface area contributed by atoms with Crippen LogP contribution in [-0.2, 0) is 4.74 Å². The lowest BCUT2D eigenvalue weighted by Gasteiger charge is -2.32. The van der Waals surface area contributed by atoms with Crippen molar-refractivity contribution in [3.8, 4) is 0 Å². The Morgan fingerprint density at radius 1 is 1.45 bits per heavy atom. The summed E-state index contributed by atoms with van der Waals surface area (Å²) in [7, 11) is 1.75. The van der Waals surface area contributed by atoms with Gasteiger partial charge in [-0.15, -0.1) is 0 Å². The van der Waals surface area contributed by atoms with Crippen LogP contribution in [-0.4, -0.2) is 42.9 Å². The minimum Gasteiger partial charge on any atom is -0.458 e. The number of hydrogen-bond donors (Lipinski definition) is 1.